The lowest BCUT2D eigenvalue weighted by atomic mass is 9.87. The highest BCUT2D eigenvalue weighted by Gasteiger charge is 2.28. The minimum atomic E-state index is -3.60. The Bertz CT molecular complexity index is 601. The van der Waals surface area contributed by atoms with Crippen LogP contribution >= 0.6 is 23.2 Å². The van der Waals surface area contributed by atoms with E-state index in [2.05, 4.69) is 11.6 Å². The largest absolute Gasteiger partial charge is 0.242 e. The van der Waals surface area contributed by atoms with E-state index in [0.29, 0.717) is 16.5 Å². The SMILES string of the molecule is Cc1cc(S(=O)(=O)N[C@@H]2CCCC[C@@H]2C)c(Cl)cc1Cl. The summed E-state index contributed by atoms with van der Waals surface area (Å²) in [5, 5.41) is 0.636. The Kier molecular flexibility index (Phi) is 5.00. The van der Waals surface area contributed by atoms with Gasteiger partial charge in [-0.15, -0.1) is 0 Å². The third kappa shape index (κ3) is 3.48. The van der Waals surface area contributed by atoms with E-state index < -0.39 is 10.0 Å². The number of halogens is 2. The number of benzene rings is 1. The number of nitrogens with one attached hydrogen (secondary N) is 1. The van der Waals surface area contributed by atoms with Crippen molar-refractivity contribution in [1.29, 1.82) is 0 Å². The average molecular weight is 336 g/mol. The molecule has 0 amide bonds. The van der Waals surface area contributed by atoms with E-state index in [9.17, 15) is 8.42 Å². The molecule has 1 aromatic rings. The third-order valence-electron chi connectivity index (χ3n) is 3.92. The molecule has 0 aliphatic heterocycles. The maximum atomic E-state index is 12.5. The van der Waals surface area contributed by atoms with Crippen molar-refractivity contribution in [2.24, 2.45) is 5.92 Å². The standard InChI is InChI=1S/C14H19Cl2NO2S/c1-9-5-3-4-6-13(9)17-20(18,19)14-7-10(2)11(15)8-12(14)16/h7-9,13,17H,3-6H2,1-2H3/t9-,13+/m0/s1. The zero-order chi connectivity index (χ0) is 14.9. The van der Waals surface area contributed by atoms with Crippen molar-refractivity contribution < 1.29 is 8.42 Å². The van der Waals surface area contributed by atoms with Crippen LogP contribution in [0.1, 0.15) is 38.2 Å². The smallest absolute Gasteiger partial charge is 0.208 e. The van der Waals surface area contributed by atoms with Gasteiger partial charge in [-0.05, 0) is 43.4 Å². The average Bonchev–Trinajstić information content (AvgIpc) is 2.36. The molecule has 2 rings (SSSR count). The highest BCUT2D eigenvalue weighted by molar-refractivity contribution is 7.89. The summed E-state index contributed by atoms with van der Waals surface area (Å²) in [6, 6.07) is 3.00. The van der Waals surface area contributed by atoms with E-state index >= 15 is 0 Å². The molecule has 1 aromatic carbocycles. The monoisotopic (exact) mass is 335 g/mol. The highest BCUT2D eigenvalue weighted by Crippen LogP contribution is 2.30. The minimum Gasteiger partial charge on any atom is -0.208 e. The van der Waals surface area contributed by atoms with E-state index in [4.69, 9.17) is 23.2 Å². The normalized spacial score (nSPS) is 23.8. The van der Waals surface area contributed by atoms with E-state index in [1.165, 1.54) is 18.6 Å². The lowest BCUT2D eigenvalue weighted by molar-refractivity contribution is 0.310. The first kappa shape index (κ1) is 16.1. The fourth-order valence-electron chi connectivity index (χ4n) is 2.59. The molecule has 1 N–H and O–H groups in total. The van der Waals surface area contributed by atoms with Crippen LogP contribution in [0.2, 0.25) is 10.0 Å². The van der Waals surface area contributed by atoms with Crippen molar-refractivity contribution >= 4 is 33.2 Å². The van der Waals surface area contributed by atoms with Gasteiger partial charge in [0.15, 0.2) is 0 Å². The lowest BCUT2D eigenvalue weighted by Gasteiger charge is -2.29. The van der Waals surface area contributed by atoms with Crippen molar-refractivity contribution in [3.63, 3.8) is 0 Å². The van der Waals surface area contributed by atoms with E-state index in [0.717, 1.165) is 19.3 Å². The zero-order valence-corrected chi connectivity index (χ0v) is 13.9. The molecule has 1 saturated carbocycles. The summed E-state index contributed by atoms with van der Waals surface area (Å²) in [6.45, 7) is 3.85. The van der Waals surface area contributed by atoms with Gasteiger partial charge in [0, 0.05) is 11.1 Å². The van der Waals surface area contributed by atoms with E-state index in [1.807, 2.05) is 0 Å². The van der Waals surface area contributed by atoms with Gasteiger partial charge < -0.3 is 0 Å². The maximum absolute atomic E-state index is 12.5. The number of hydrogen-bond acceptors (Lipinski definition) is 2. The number of rotatable bonds is 3. The molecule has 1 aliphatic rings. The molecule has 0 radical (unpaired) electrons. The van der Waals surface area contributed by atoms with Crippen LogP contribution < -0.4 is 4.72 Å². The molecule has 6 heteroatoms. The number of hydrogen-bond donors (Lipinski definition) is 1. The fourth-order valence-corrected chi connectivity index (χ4v) is 4.80. The Morgan fingerprint density at radius 2 is 1.80 bits per heavy atom. The highest BCUT2D eigenvalue weighted by atomic mass is 35.5. The molecule has 0 spiro atoms. The molecule has 20 heavy (non-hydrogen) atoms. The van der Waals surface area contributed by atoms with Gasteiger partial charge in [0.05, 0.1) is 5.02 Å². The molecular formula is C14H19Cl2NO2S. The van der Waals surface area contributed by atoms with Crippen LogP contribution in [0.4, 0.5) is 0 Å². The second kappa shape index (κ2) is 6.22. The van der Waals surface area contributed by atoms with Crippen LogP contribution in [-0.2, 0) is 10.0 Å². The van der Waals surface area contributed by atoms with Gasteiger partial charge in [-0.2, -0.15) is 0 Å². The Morgan fingerprint density at radius 1 is 1.15 bits per heavy atom. The maximum Gasteiger partial charge on any atom is 0.242 e. The van der Waals surface area contributed by atoms with Crippen LogP contribution in [0.3, 0.4) is 0 Å². The molecule has 1 fully saturated rings. The molecule has 0 heterocycles. The summed E-state index contributed by atoms with van der Waals surface area (Å²) < 4.78 is 27.8. The van der Waals surface area contributed by atoms with Crippen LogP contribution in [0, 0.1) is 12.8 Å². The summed E-state index contributed by atoms with van der Waals surface area (Å²) in [6.07, 6.45) is 4.16. The van der Waals surface area contributed by atoms with Crippen molar-refractivity contribution in [3.8, 4) is 0 Å². The molecule has 112 valence electrons. The minimum absolute atomic E-state index is 0.0131. The Balaban J connectivity index is 2.28. The van der Waals surface area contributed by atoms with Crippen molar-refractivity contribution in [1.82, 2.24) is 4.72 Å². The lowest BCUT2D eigenvalue weighted by Crippen LogP contribution is -2.41. The van der Waals surface area contributed by atoms with Crippen LogP contribution in [0.25, 0.3) is 0 Å². The second-order valence-electron chi connectivity index (χ2n) is 5.52. The number of aryl methyl sites for hydroxylation is 1. The molecule has 2 atom stereocenters. The molecule has 0 unspecified atom stereocenters. The quantitative estimate of drug-likeness (QED) is 0.901. The van der Waals surface area contributed by atoms with Crippen molar-refractivity contribution in [3.05, 3.63) is 27.7 Å². The van der Waals surface area contributed by atoms with Crippen LogP contribution in [0.5, 0.6) is 0 Å². The Hall–Kier alpha value is -0.290. The fraction of sp³-hybridized carbons (Fsp3) is 0.571. The second-order valence-corrected chi connectivity index (χ2v) is 8.02. The van der Waals surface area contributed by atoms with Crippen LogP contribution in [-0.4, -0.2) is 14.5 Å². The predicted molar refractivity (Wildman–Crippen MR) is 82.9 cm³/mol. The Morgan fingerprint density at radius 3 is 2.45 bits per heavy atom. The zero-order valence-electron chi connectivity index (χ0n) is 11.6. The van der Waals surface area contributed by atoms with Gasteiger partial charge in [0.2, 0.25) is 10.0 Å². The third-order valence-corrected chi connectivity index (χ3v) is 6.28. The van der Waals surface area contributed by atoms with Gasteiger partial charge in [-0.25, -0.2) is 13.1 Å². The van der Waals surface area contributed by atoms with Gasteiger partial charge in [-0.3, -0.25) is 0 Å². The summed E-state index contributed by atoms with van der Waals surface area (Å²) in [4.78, 5) is 0.110. The number of sulfonamides is 1. The van der Waals surface area contributed by atoms with Crippen molar-refractivity contribution in [2.75, 3.05) is 0 Å². The van der Waals surface area contributed by atoms with Crippen molar-refractivity contribution in [2.45, 2.75) is 50.5 Å². The predicted octanol–water partition coefficient (Wildman–Crippen LogP) is 4.16. The molecule has 0 saturated heterocycles. The molecule has 1 aliphatic carbocycles. The topological polar surface area (TPSA) is 46.2 Å². The van der Waals surface area contributed by atoms with Crippen LogP contribution in [0.15, 0.2) is 17.0 Å². The summed E-state index contributed by atoms with van der Waals surface area (Å²) in [5.74, 6) is 0.352. The van der Waals surface area contributed by atoms with Gasteiger partial charge >= 0.3 is 0 Å². The van der Waals surface area contributed by atoms with E-state index in [1.54, 1.807) is 6.92 Å². The first-order valence-corrected chi connectivity index (χ1v) is 9.03. The summed E-state index contributed by atoms with van der Waals surface area (Å²) in [5.41, 5.74) is 0.702. The van der Waals surface area contributed by atoms with Gasteiger partial charge in [-0.1, -0.05) is 43.0 Å². The summed E-state index contributed by atoms with van der Waals surface area (Å²) in [7, 11) is -3.60. The first-order valence-electron chi connectivity index (χ1n) is 6.79. The summed E-state index contributed by atoms with van der Waals surface area (Å²) >= 11 is 12.0. The molecule has 3 nitrogen and oxygen atoms in total. The van der Waals surface area contributed by atoms with E-state index in [-0.39, 0.29) is 16.0 Å². The molecule has 0 aromatic heterocycles. The first-order chi connectivity index (χ1) is 9.31. The Labute approximate surface area is 130 Å². The van der Waals surface area contributed by atoms with Gasteiger partial charge in [0.1, 0.15) is 4.90 Å². The molecule has 0 bridgehead atoms. The molecular weight excluding hydrogens is 317 g/mol. The van der Waals surface area contributed by atoms with Gasteiger partial charge in [0.25, 0.3) is 0 Å².